The molecule has 6 aromatic rings. The van der Waals surface area contributed by atoms with Gasteiger partial charge in [-0.1, -0.05) is 72.7 Å². The molecule has 0 fully saturated rings. The van der Waals surface area contributed by atoms with Gasteiger partial charge in [0, 0.05) is 29.8 Å². The van der Waals surface area contributed by atoms with Crippen LogP contribution in [0, 0.1) is 6.92 Å². The quantitative estimate of drug-likeness (QED) is 0.195. The summed E-state index contributed by atoms with van der Waals surface area (Å²) >= 11 is 0. The maximum absolute atomic E-state index is 13.2. The average molecular weight is 571 g/mol. The van der Waals surface area contributed by atoms with Gasteiger partial charge in [0.2, 0.25) is 0 Å². The number of hydrogen-bond donors (Lipinski definition) is 3. The average Bonchev–Trinajstić information content (AvgIpc) is 3.66. The molecule has 214 valence electrons. The molecule has 0 saturated heterocycles. The number of aryl methyl sites for hydroxylation is 2. The van der Waals surface area contributed by atoms with Crippen LogP contribution in [-0.4, -0.2) is 42.0 Å². The summed E-state index contributed by atoms with van der Waals surface area (Å²) < 4.78 is 2.20. The van der Waals surface area contributed by atoms with E-state index in [-0.39, 0.29) is 17.8 Å². The van der Waals surface area contributed by atoms with E-state index in [1.807, 2.05) is 79.7 Å². The molecule has 2 heterocycles. The summed E-state index contributed by atoms with van der Waals surface area (Å²) in [5.41, 5.74) is 7.39. The number of fused-ring (bicyclic) bond motifs is 1. The molecule has 0 spiro atoms. The second-order valence-corrected chi connectivity index (χ2v) is 10.3. The second kappa shape index (κ2) is 12.1. The van der Waals surface area contributed by atoms with E-state index in [4.69, 9.17) is 4.98 Å². The van der Waals surface area contributed by atoms with Gasteiger partial charge in [0.05, 0.1) is 11.0 Å². The zero-order valence-electron chi connectivity index (χ0n) is 23.8. The first kappa shape index (κ1) is 27.5. The van der Waals surface area contributed by atoms with Crippen LogP contribution in [0.2, 0.25) is 0 Å². The van der Waals surface area contributed by atoms with Crippen LogP contribution in [0.3, 0.4) is 0 Å². The summed E-state index contributed by atoms with van der Waals surface area (Å²) in [6, 6.07) is 28.8. The van der Waals surface area contributed by atoms with Gasteiger partial charge < -0.3 is 9.88 Å². The summed E-state index contributed by atoms with van der Waals surface area (Å²) in [5, 5.41) is 19.1. The Morgan fingerprint density at radius 3 is 2.40 bits per heavy atom. The predicted octanol–water partition coefficient (Wildman–Crippen LogP) is 6.03. The molecule has 10 heteroatoms. The van der Waals surface area contributed by atoms with E-state index in [9.17, 15) is 9.59 Å². The van der Waals surface area contributed by atoms with Gasteiger partial charge in [-0.15, -0.1) is 5.10 Å². The molecule has 10 nitrogen and oxygen atoms in total. The molecule has 0 unspecified atom stereocenters. The number of amides is 2. The van der Waals surface area contributed by atoms with Crippen molar-refractivity contribution >= 4 is 34.5 Å². The van der Waals surface area contributed by atoms with Crippen molar-refractivity contribution in [3.05, 3.63) is 119 Å². The van der Waals surface area contributed by atoms with E-state index < -0.39 is 0 Å². The van der Waals surface area contributed by atoms with Crippen molar-refractivity contribution < 1.29 is 9.59 Å². The van der Waals surface area contributed by atoms with Gasteiger partial charge in [-0.05, 0) is 71.1 Å². The highest BCUT2D eigenvalue weighted by Crippen LogP contribution is 2.27. The van der Waals surface area contributed by atoms with Crippen LogP contribution in [-0.2, 0) is 13.0 Å². The topological polar surface area (TPSA) is 130 Å². The van der Waals surface area contributed by atoms with Crippen LogP contribution >= 0.6 is 0 Å². The van der Waals surface area contributed by atoms with Gasteiger partial charge in [0.25, 0.3) is 17.8 Å². The molecule has 0 radical (unpaired) electrons. The largest absolute Gasteiger partial charge is 0.323 e. The van der Waals surface area contributed by atoms with Crippen LogP contribution in [0.1, 0.15) is 51.0 Å². The van der Waals surface area contributed by atoms with Crippen LogP contribution < -0.4 is 10.6 Å². The number of tetrazole rings is 1. The number of aromatic amines is 1. The highest BCUT2D eigenvalue weighted by Gasteiger charge is 2.18. The third-order valence-corrected chi connectivity index (χ3v) is 7.24. The number of carbonyl (C=O) groups excluding carboxylic acids is 2. The number of anilines is 2. The molecule has 6 rings (SSSR count). The van der Waals surface area contributed by atoms with Gasteiger partial charge in [0.1, 0.15) is 5.82 Å². The molecule has 0 aliphatic carbocycles. The Morgan fingerprint density at radius 2 is 1.65 bits per heavy atom. The van der Waals surface area contributed by atoms with Gasteiger partial charge in [-0.25, -0.2) is 4.98 Å². The highest BCUT2D eigenvalue weighted by atomic mass is 16.2. The second-order valence-electron chi connectivity index (χ2n) is 10.3. The minimum absolute atomic E-state index is 0.113. The zero-order valence-corrected chi connectivity index (χ0v) is 23.8. The van der Waals surface area contributed by atoms with E-state index in [1.165, 1.54) is 0 Å². The minimum atomic E-state index is -0.322. The number of carbonyl (C=O) groups is 2. The number of nitrogens with one attached hydrogen (secondary N) is 3. The Bertz CT molecular complexity index is 1900. The lowest BCUT2D eigenvalue weighted by molar-refractivity contribution is 0.101. The Balaban J connectivity index is 1.30. The number of hydrogen-bond acceptors (Lipinski definition) is 6. The summed E-state index contributed by atoms with van der Waals surface area (Å²) in [6.07, 6.45) is 1.77. The van der Waals surface area contributed by atoms with Crippen molar-refractivity contribution in [1.29, 1.82) is 0 Å². The van der Waals surface area contributed by atoms with Crippen LogP contribution in [0.25, 0.3) is 22.2 Å². The normalized spacial score (nSPS) is 11.0. The fourth-order valence-corrected chi connectivity index (χ4v) is 5.18. The van der Waals surface area contributed by atoms with Crippen molar-refractivity contribution in [2.75, 3.05) is 10.6 Å². The smallest absolute Gasteiger partial charge is 0.270 e. The molecule has 4 aromatic carbocycles. The van der Waals surface area contributed by atoms with Crippen molar-refractivity contribution in [3.63, 3.8) is 0 Å². The minimum Gasteiger partial charge on any atom is -0.323 e. The molecule has 0 atom stereocenters. The van der Waals surface area contributed by atoms with Crippen LogP contribution in [0.5, 0.6) is 0 Å². The van der Waals surface area contributed by atoms with E-state index in [2.05, 4.69) is 54.9 Å². The van der Waals surface area contributed by atoms with Gasteiger partial charge in [-0.3, -0.25) is 14.9 Å². The van der Waals surface area contributed by atoms with Crippen molar-refractivity contribution in [1.82, 2.24) is 30.2 Å². The molecule has 2 amide bonds. The predicted molar refractivity (Wildman–Crippen MR) is 166 cm³/mol. The maximum atomic E-state index is 13.2. The Morgan fingerprint density at radius 1 is 0.884 bits per heavy atom. The van der Waals surface area contributed by atoms with Gasteiger partial charge in [0.15, 0.2) is 0 Å². The van der Waals surface area contributed by atoms with Crippen molar-refractivity contribution in [3.8, 4) is 11.1 Å². The summed E-state index contributed by atoms with van der Waals surface area (Å²) in [5.74, 6) is 0.611. The fraction of sp³-hybridized carbons (Fsp3) is 0.152. The SMILES string of the molecule is CCCc1nc2c(C)cc(C(=O)Nc3ccccc3)cc2n1Cc1ccc(-c2ccccc2C(=O)Nc2nn[nH]n2)cc1. The Kier molecular flexibility index (Phi) is 7.73. The molecule has 3 N–H and O–H groups in total. The Hall–Kier alpha value is -5.64. The molecular weight excluding hydrogens is 540 g/mol. The molecule has 0 saturated carbocycles. The zero-order chi connectivity index (χ0) is 29.8. The molecule has 0 aliphatic rings. The number of para-hydroxylation sites is 1. The fourth-order valence-electron chi connectivity index (χ4n) is 5.18. The highest BCUT2D eigenvalue weighted by molar-refractivity contribution is 6.08. The van der Waals surface area contributed by atoms with Crippen LogP contribution in [0.15, 0.2) is 91.0 Å². The van der Waals surface area contributed by atoms with E-state index in [0.29, 0.717) is 17.7 Å². The standard InChI is InChI=1S/C33H30N8O2/c1-3-9-29-35-30-21(2)18-24(31(42)34-25-10-5-4-6-11-25)19-28(30)41(29)20-22-14-16-23(17-15-22)26-12-7-8-13-27(26)32(43)36-33-37-39-40-38-33/h4-8,10-19H,3,9,20H2,1-2H3,(H,34,42)(H2,36,37,38,39,40,43). The molecule has 43 heavy (non-hydrogen) atoms. The maximum Gasteiger partial charge on any atom is 0.270 e. The number of H-pyrrole nitrogens is 1. The number of rotatable bonds is 9. The third-order valence-electron chi connectivity index (χ3n) is 7.24. The molecule has 0 bridgehead atoms. The summed E-state index contributed by atoms with van der Waals surface area (Å²) in [4.78, 5) is 31.1. The van der Waals surface area contributed by atoms with Gasteiger partial charge >= 0.3 is 0 Å². The van der Waals surface area contributed by atoms with E-state index in [0.717, 1.165) is 57.6 Å². The first-order valence-corrected chi connectivity index (χ1v) is 14.1. The third kappa shape index (κ3) is 5.89. The first-order valence-electron chi connectivity index (χ1n) is 14.1. The van der Waals surface area contributed by atoms with Crippen LogP contribution in [0.4, 0.5) is 11.6 Å². The molecule has 0 aliphatic heterocycles. The number of imidazole rings is 1. The van der Waals surface area contributed by atoms with Crippen molar-refractivity contribution in [2.24, 2.45) is 0 Å². The molecular formula is C33H30N8O2. The number of aromatic nitrogens is 6. The first-order chi connectivity index (χ1) is 21.0. The lowest BCUT2D eigenvalue weighted by Gasteiger charge is -2.12. The summed E-state index contributed by atoms with van der Waals surface area (Å²) in [6.45, 7) is 4.72. The lowest BCUT2D eigenvalue weighted by atomic mass is 9.98. The number of benzene rings is 4. The van der Waals surface area contributed by atoms with Gasteiger partial charge in [-0.2, -0.15) is 5.21 Å². The molecule has 2 aromatic heterocycles. The van der Waals surface area contributed by atoms with E-state index >= 15 is 0 Å². The summed E-state index contributed by atoms with van der Waals surface area (Å²) in [7, 11) is 0. The Labute approximate surface area is 248 Å². The van der Waals surface area contributed by atoms with E-state index in [1.54, 1.807) is 6.07 Å². The van der Waals surface area contributed by atoms with Crippen molar-refractivity contribution in [2.45, 2.75) is 33.2 Å². The monoisotopic (exact) mass is 570 g/mol. The number of nitrogens with zero attached hydrogens (tertiary/aromatic N) is 5. The lowest BCUT2D eigenvalue weighted by Crippen LogP contribution is -2.14.